The third kappa shape index (κ3) is 21.9. The summed E-state index contributed by atoms with van der Waals surface area (Å²) in [6.45, 7) is 45.8. The molecule has 0 radical (unpaired) electrons. The average molecular weight is 1610 g/mol. The van der Waals surface area contributed by atoms with Crippen LogP contribution in [0.1, 0.15) is 207 Å². The van der Waals surface area contributed by atoms with Crippen LogP contribution in [0.25, 0.3) is 93.7 Å². The first kappa shape index (κ1) is 90.1. The van der Waals surface area contributed by atoms with E-state index >= 15 is 0 Å². The predicted molar refractivity (Wildman–Crippen MR) is 523 cm³/mol. The van der Waals surface area contributed by atoms with E-state index in [-0.39, 0.29) is 37.9 Å². The fraction of sp³-hybridized carbons (Fsp3) is 0.243. The van der Waals surface area contributed by atoms with Crippen molar-refractivity contribution in [2.45, 2.75) is 183 Å². The summed E-state index contributed by atoms with van der Waals surface area (Å²) in [5.74, 6) is 5.19. The molecular formula is C115H118N8. The number of aromatic nitrogens is 6. The summed E-state index contributed by atoms with van der Waals surface area (Å²) in [7, 11) is 0. The minimum absolute atomic E-state index is 0.00226. The Morgan fingerprint density at radius 2 is 0.659 bits per heavy atom. The predicted octanol–water partition coefficient (Wildman–Crippen LogP) is 29.7. The highest BCUT2D eigenvalue weighted by Crippen LogP contribution is 2.40. The van der Waals surface area contributed by atoms with Gasteiger partial charge in [-0.05, 0) is 182 Å². The molecule has 17 aromatic rings. The van der Waals surface area contributed by atoms with E-state index in [0.29, 0.717) is 11.1 Å². The highest BCUT2D eigenvalue weighted by atomic mass is 15.0. The van der Waals surface area contributed by atoms with Gasteiger partial charge < -0.3 is 13.7 Å². The maximum absolute atomic E-state index is 8.98. The Bertz CT molecular complexity index is 6280. The van der Waals surface area contributed by atoms with Gasteiger partial charge in [0.25, 0.3) is 0 Å². The largest absolute Gasteiger partial charge is 0.309 e. The van der Waals surface area contributed by atoms with Crippen molar-refractivity contribution in [3.8, 4) is 65.1 Å². The number of hydrogen-bond acceptors (Lipinski definition) is 5. The van der Waals surface area contributed by atoms with Crippen molar-refractivity contribution in [1.29, 1.82) is 10.5 Å². The Hall–Kier alpha value is -13.6. The minimum atomic E-state index is -0.0893. The lowest BCUT2D eigenvalue weighted by Gasteiger charge is -2.23. The molecule has 0 fully saturated rings. The topological polar surface area (TPSA) is 101 Å². The van der Waals surface area contributed by atoms with Crippen molar-refractivity contribution >= 4 is 65.4 Å². The number of pyridine rings is 3. The zero-order valence-electron chi connectivity index (χ0n) is 75.8. The van der Waals surface area contributed by atoms with Crippen LogP contribution < -0.4 is 0 Å². The fourth-order valence-corrected chi connectivity index (χ4v) is 15.0. The van der Waals surface area contributed by atoms with Gasteiger partial charge in [0.05, 0.1) is 62.1 Å². The summed E-state index contributed by atoms with van der Waals surface area (Å²) in [5.41, 5.74) is 25.1. The van der Waals surface area contributed by atoms with Crippen molar-refractivity contribution in [3.05, 3.63) is 383 Å². The molecular weight excluding hydrogens is 1490 g/mol. The van der Waals surface area contributed by atoms with E-state index < -0.39 is 0 Å². The number of hydrogen-bond donors (Lipinski definition) is 0. The van der Waals surface area contributed by atoms with Crippen molar-refractivity contribution in [2.24, 2.45) is 0 Å². The van der Waals surface area contributed by atoms with Gasteiger partial charge in [0, 0.05) is 107 Å². The number of benzene rings is 11. The molecule has 0 atom stereocenters. The Balaban J connectivity index is 0.000000148. The Morgan fingerprint density at radius 1 is 0.276 bits per heavy atom. The van der Waals surface area contributed by atoms with Gasteiger partial charge in [-0.25, -0.2) is 0 Å². The van der Waals surface area contributed by atoms with Crippen LogP contribution in [0.15, 0.2) is 322 Å². The number of fused-ring (bicyclic) bond motifs is 9. The van der Waals surface area contributed by atoms with E-state index in [9.17, 15) is 0 Å². The van der Waals surface area contributed by atoms with E-state index in [1.165, 1.54) is 105 Å². The quantitative estimate of drug-likeness (QED) is 0.163. The van der Waals surface area contributed by atoms with Gasteiger partial charge in [-0.2, -0.15) is 10.5 Å². The maximum atomic E-state index is 8.98. The lowest BCUT2D eigenvalue weighted by Crippen LogP contribution is -2.15. The number of nitriles is 2. The Kier molecular flexibility index (Phi) is 27.8. The number of rotatable bonds is 4. The van der Waals surface area contributed by atoms with E-state index in [1.54, 1.807) is 18.3 Å². The van der Waals surface area contributed by atoms with Crippen molar-refractivity contribution in [1.82, 2.24) is 28.7 Å². The lowest BCUT2D eigenvalue weighted by molar-refractivity contribution is 0.569. The van der Waals surface area contributed by atoms with Crippen LogP contribution in [-0.2, 0) is 37.9 Å². The number of para-hydroxylation sites is 6. The summed E-state index contributed by atoms with van der Waals surface area (Å²) >= 11 is 0. The molecule has 0 saturated heterocycles. The summed E-state index contributed by atoms with van der Waals surface area (Å²) in [6.07, 6.45) is 16.3. The Labute approximate surface area is 731 Å². The van der Waals surface area contributed by atoms with Crippen LogP contribution in [0.3, 0.4) is 0 Å². The third-order valence-electron chi connectivity index (χ3n) is 21.7. The maximum Gasteiger partial charge on any atom is 0.0995 e. The number of nitrogens with zero attached hydrogens (tertiary/aromatic N) is 8. The van der Waals surface area contributed by atoms with Crippen LogP contribution >= 0.6 is 0 Å². The minimum Gasteiger partial charge on any atom is -0.309 e. The van der Waals surface area contributed by atoms with Crippen LogP contribution in [0.2, 0.25) is 0 Å². The first-order valence-corrected chi connectivity index (χ1v) is 42.4. The van der Waals surface area contributed by atoms with Crippen LogP contribution in [0, 0.1) is 47.3 Å². The van der Waals surface area contributed by atoms with Gasteiger partial charge in [-0.15, -0.1) is 12.8 Å². The summed E-state index contributed by atoms with van der Waals surface area (Å²) in [5, 5.41) is 25.6. The molecule has 0 aliphatic rings. The molecule has 0 spiro atoms. The molecule has 0 saturated carbocycles. The monoisotopic (exact) mass is 1610 g/mol. The third-order valence-corrected chi connectivity index (χ3v) is 21.7. The molecule has 8 heteroatoms. The molecule has 0 bridgehead atoms. The highest BCUT2D eigenvalue weighted by molar-refractivity contribution is 6.11. The normalized spacial score (nSPS) is 11.6. The molecule has 6 aromatic heterocycles. The molecule has 0 aliphatic carbocycles. The first-order chi connectivity index (χ1) is 58.3. The van der Waals surface area contributed by atoms with Crippen molar-refractivity contribution in [3.63, 3.8) is 0 Å². The molecule has 0 unspecified atom stereocenters. The van der Waals surface area contributed by atoms with Crippen LogP contribution in [0.5, 0.6) is 0 Å². The van der Waals surface area contributed by atoms with Crippen molar-refractivity contribution in [2.75, 3.05) is 0 Å². The molecule has 123 heavy (non-hydrogen) atoms. The zero-order chi connectivity index (χ0) is 88.8. The van der Waals surface area contributed by atoms with Gasteiger partial charge in [-0.1, -0.05) is 333 Å². The smallest absolute Gasteiger partial charge is 0.0995 e. The van der Waals surface area contributed by atoms with Crippen LogP contribution in [-0.4, -0.2) is 28.7 Å². The van der Waals surface area contributed by atoms with Crippen molar-refractivity contribution < 1.29 is 0 Å². The zero-order valence-corrected chi connectivity index (χ0v) is 75.8. The first-order valence-electron chi connectivity index (χ1n) is 42.4. The second kappa shape index (κ2) is 38.0. The second-order valence-electron chi connectivity index (χ2n) is 38.4. The SMILES string of the molecule is C#Cc1cc(C#N)cc(C(C)(C)C)c1.C#Cc1cccc(C#N)c1C(C)(C)C.CC(C)(C)c1cc(-n2c3ccccc3c3ccccc32)cc(-n2c3ccccc3c3ccccc32)c1.CC(C)(C)c1cccc(-c2ccccc2)n1.CC(C)(C)c1cccc(-n2c3ccccc3c3ccccc32)c1.CC(C)(C)c1ccccn1.CC(C)(C)c1cccnc1. The van der Waals surface area contributed by atoms with Gasteiger partial charge in [0.15, 0.2) is 0 Å². The molecule has 0 amide bonds. The average Bonchev–Trinajstić information content (AvgIpc) is 1.59. The molecule has 6 heterocycles. The van der Waals surface area contributed by atoms with E-state index in [4.69, 9.17) is 28.4 Å². The highest BCUT2D eigenvalue weighted by Gasteiger charge is 2.25. The van der Waals surface area contributed by atoms with Crippen LogP contribution in [0.4, 0.5) is 0 Å². The van der Waals surface area contributed by atoms with E-state index in [1.807, 2.05) is 73.1 Å². The lowest BCUT2D eigenvalue weighted by atomic mass is 9.81. The summed E-state index contributed by atoms with van der Waals surface area (Å²) in [6, 6.07) is 110. The molecule has 618 valence electrons. The van der Waals surface area contributed by atoms with Gasteiger partial charge >= 0.3 is 0 Å². The van der Waals surface area contributed by atoms with E-state index in [2.05, 4.69) is 424 Å². The number of terminal acetylenes is 2. The molecule has 8 nitrogen and oxygen atoms in total. The molecule has 11 aromatic carbocycles. The standard InChI is InChI=1S/C34H28N2.C22H21N.C15H17N.2C13H13N.2C9H13N/c1-34(2,3)23-20-24(35-30-16-8-4-12-26(30)27-13-5-9-17-31(27)35)22-25(21-23)36-32-18-10-6-14-28(32)29-15-7-11-19-33(29)36;1-22(2,3)16-9-8-10-17(15-16)23-20-13-6-4-11-18(20)19-12-5-7-14-21(19)23;1-15(2,3)14-11-7-10-13(16-14)12-8-5-4-6-9-12;1-5-10-6-11(9-14)8-12(7-10)13(2,3)4;1-5-10-7-6-8-11(9-14)12(10)13(2,3)4;1-9(2,3)8-5-4-6-10-7-8;1-9(2,3)8-6-4-5-7-10-8/h4-22H,1-3H3;4-15H,1-3H3;4-11H,1-3H3;2*1,6-8H,2-4H3;2*4-7H,1-3H3. The van der Waals surface area contributed by atoms with E-state index in [0.717, 1.165) is 39.3 Å². The molecule has 0 N–H and O–H groups in total. The summed E-state index contributed by atoms with van der Waals surface area (Å²) < 4.78 is 7.23. The Morgan fingerprint density at radius 3 is 1.03 bits per heavy atom. The summed E-state index contributed by atoms with van der Waals surface area (Å²) in [4.78, 5) is 13.0. The van der Waals surface area contributed by atoms with Gasteiger partial charge in [0.2, 0.25) is 0 Å². The second-order valence-corrected chi connectivity index (χ2v) is 38.4. The molecule has 17 rings (SSSR count). The fourth-order valence-electron chi connectivity index (χ4n) is 15.0. The van der Waals surface area contributed by atoms with Gasteiger partial charge in [0.1, 0.15) is 0 Å². The molecule has 0 aliphatic heterocycles. The van der Waals surface area contributed by atoms with Gasteiger partial charge in [-0.3, -0.25) is 15.0 Å².